The number of aliphatic imine (C=N–C) groups is 1. The summed E-state index contributed by atoms with van der Waals surface area (Å²) in [6.45, 7) is 2.02. The predicted molar refractivity (Wildman–Crippen MR) is 59.4 cm³/mol. The number of hydrogen-bond acceptors (Lipinski definition) is 1. The van der Waals surface area contributed by atoms with Crippen molar-refractivity contribution in [2.75, 3.05) is 0 Å². The first-order chi connectivity index (χ1) is 5.61. The molecule has 1 aromatic carbocycles. The number of rotatable bonds is 1. The predicted octanol–water partition coefficient (Wildman–Crippen LogP) is 1.50. The van der Waals surface area contributed by atoms with E-state index in [0.717, 1.165) is 9.26 Å². The summed E-state index contributed by atoms with van der Waals surface area (Å²) in [5.74, 6) is 0.0958. The Labute approximate surface area is 85.0 Å². The summed E-state index contributed by atoms with van der Waals surface area (Å²) in [6, 6.07) is 5.83. The second-order valence-corrected chi connectivity index (χ2v) is 3.52. The van der Waals surface area contributed by atoms with E-state index < -0.39 is 0 Å². The molecular formula is C8H10IN3. The quantitative estimate of drug-likeness (QED) is 0.463. The van der Waals surface area contributed by atoms with Crippen LogP contribution in [0.1, 0.15) is 5.56 Å². The summed E-state index contributed by atoms with van der Waals surface area (Å²) >= 11 is 2.22. The molecule has 0 saturated carbocycles. The Morgan fingerprint density at radius 3 is 2.67 bits per heavy atom. The Kier molecular flexibility index (Phi) is 2.91. The molecule has 0 aliphatic heterocycles. The summed E-state index contributed by atoms with van der Waals surface area (Å²) in [7, 11) is 0. The lowest BCUT2D eigenvalue weighted by Crippen LogP contribution is -2.22. The Hall–Kier alpha value is -0.780. The highest BCUT2D eigenvalue weighted by atomic mass is 127. The van der Waals surface area contributed by atoms with Gasteiger partial charge in [-0.15, -0.1) is 0 Å². The lowest BCUT2D eigenvalue weighted by molar-refractivity contribution is 1.35. The fourth-order valence-electron chi connectivity index (χ4n) is 0.857. The van der Waals surface area contributed by atoms with Gasteiger partial charge in [-0.05, 0) is 41.1 Å². The second kappa shape index (κ2) is 3.75. The first-order valence-corrected chi connectivity index (χ1v) is 4.54. The van der Waals surface area contributed by atoms with Crippen molar-refractivity contribution in [3.8, 4) is 0 Å². The number of hydrogen-bond donors (Lipinski definition) is 2. The zero-order valence-corrected chi connectivity index (χ0v) is 8.87. The van der Waals surface area contributed by atoms with Gasteiger partial charge in [-0.1, -0.05) is 12.1 Å². The van der Waals surface area contributed by atoms with Crippen molar-refractivity contribution in [2.24, 2.45) is 16.5 Å². The van der Waals surface area contributed by atoms with Gasteiger partial charge in [-0.2, -0.15) is 0 Å². The van der Waals surface area contributed by atoms with E-state index in [0.29, 0.717) is 0 Å². The maximum absolute atomic E-state index is 5.27. The third-order valence-electron chi connectivity index (χ3n) is 1.42. The Morgan fingerprint density at radius 1 is 1.42 bits per heavy atom. The van der Waals surface area contributed by atoms with Crippen LogP contribution in [0.2, 0.25) is 0 Å². The molecule has 0 bridgehead atoms. The van der Waals surface area contributed by atoms with Crippen molar-refractivity contribution in [1.82, 2.24) is 0 Å². The highest BCUT2D eigenvalue weighted by Gasteiger charge is 1.99. The van der Waals surface area contributed by atoms with Crippen LogP contribution >= 0.6 is 22.6 Å². The maximum Gasteiger partial charge on any atom is 0.191 e. The van der Waals surface area contributed by atoms with E-state index in [-0.39, 0.29) is 5.96 Å². The van der Waals surface area contributed by atoms with Gasteiger partial charge in [0.15, 0.2) is 5.96 Å². The fourth-order valence-corrected chi connectivity index (χ4v) is 1.34. The first-order valence-electron chi connectivity index (χ1n) is 3.46. The molecule has 0 spiro atoms. The molecule has 0 aliphatic carbocycles. The molecule has 4 N–H and O–H groups in total. The Bertz CT molecular complexity index is 316. The van der Waals surface area contributed by atoms with Gasteiger partial charge in [0.25, 0.3) is 0 Å². The van der Waals surface area contributed by atoms with Crippen molar-refractivity contribution in [3.05, 3.63) is 27.3 Å². The smallest absolute Gasteiger partial charge is 0.191 e. The summed E-state index contributed by atoms with van der Waals surface area (Å²) in [6.07, 6.45) is 0. The topological polar surface area (TPSA) is 64.4 Å². The van der Waals surface area contributed by atoms with Crippen molar-refractivity contribution in [2.45, 2.75) is 6.92 Å². The standard InChI is InChI=1S/C8H10IN3/c1-5-3-2-4-6(7(5)9)12-8(10)11/h2-4H,1H3,(H4,10,11,12). The molecule has 0 aliphatic rings. The molecule has 12 heavy (non-hydrogen) atoms. The number of aryl methyl sites for hydroxylation is 1. The van der Waals surface area contributed by atoms with Gasteiger partial charge in [0.05, 0.1) is 5.69 Å². The van der Waals surface area contributed by atoms with E-state index in [9.17, 15) is 0 Å². The van der Waals surface area contributed by atoms with Crippen LogP contribution in [-0.2, 0) is 0 Å². The molecule has 4 heteroatoms. The SMILES string of the molecule is Cc1cccc(N=C(N)N)c1I. The van der Waals surface area contributed by atoms with E-state index in [1.807, 2.05) is 25.1 Å². The number of nitrogens with two attached hydrogens (primary N) is 2. The van der Waals surface area contributed by atoms with Gasteiger partial charge in [0, 0.05) is 3.57 Å². The van der Waals surface area contributed by atoms with Crippen molar-refractivity contribution < 1.29 is 0 Å². The molecule has 0 aromatic heterocycles. The largest absolute Gasteiger partial charge is 0.370 e. The van der Waals surface area contributed by atoms with Crippen LogP contribution in [0.4, 0.5) is 5.69 Å². The molecular weight excluding hydrogens is 265 g/mol. The number of nitrogens with zero attached hydrogens (tertiary/aromatic N) is 1. The van der Waals surface area contributed by atoms with Crippen LogP contribution in [-0.4, -0.2) is 5.96 Å². The van der Waals surface area contributed by atoms with Crippen LogP contribution in [0.3, 0.4) is 0 Å². The average molecular weight is 275 g/mol. The fraction of sp³-hybridized carbons (Fsp3) is 0.125. The minimum Gasteiger partial charge on any atom is -0.370 e. The molecule has 3 nitrogen and oxygen atoms in total. The summed E-state index contributed by atoms with van der Waals surface area (Å²) in [4.78, 5) is 3.98. The molecule has 1 aromatic rings. The first kappa shape index (κ1) is 9.31. The number of benzene rings is 1. The monoisotopic (exact) mass is 275 g/mol. The van der Waals surface area contributed by atoms with Crippen LogP contribution in [0.25, 0.3) is 0 Å². The van der Waals surface area contributed by atoms with Gasteiger partial charge in [-0.25, -0.2) is 4.99 Å². The van der Waals surface area contributed by atoms with Gasteiger partial charge < -0.3 is 11.5 Å². The van der Waals surface area contributed by atoms with E-state index in [4.69, 9.17) is 11.5 Å². The van der Waals surface area contributed by atoms with Crippen molar-refractivity contribution >= 4 is 34.2 Å². The minimum absolute atomic E-state index is 0.0958. The zero-order chi connectivity index (χ0) is 9.14. The average Bonchev–Trinajstić information content (AvgIpc) is 1.98. The van der Waals surface area contributed by atoms with E-state index >= 15 is 0 Å². The van der Waals surface area contributed by atoms with Gasteiger partial charge in [0.1, 0.15) is 0 Å². The number of halogens is 1. The van der Waals surface area contributed by atoms with Gasteiger partial charge in [-0.3, -0.25) is 0 Å². The van der Waals surface area contributed by atoms with E-state index in [1.54, 1.807) is 0 Å². The normalized spacial score (nSPS) is 9.50. The summed E-state index contributed by atoms with van der Waals surface area (Å²) in [5, 5.41) is 0. The minimum atomic E-state index is 0.0958. The highest BCUT2D eigenvalue weighted by molar-refractivity contribution is 14.1. The maximum atomic E-state index is 5.27. The lowest BCUT2D eigenvalue weighted by atomic mass is 10.2. The third kappa shape index (κ3) is 2.10. The molecule has 0 fully saturated rings. The molecule has 0 amide bonds. The van der Waals surface area contributed by atoms with E-state index in [2.05, 4.69) is 27.6 Å². The molecule has 0 heterocycles. The van der Waals surface area contributed by atoms with Crippen molar-refractivity contribution in [1.29, 1.82) is 0 Å². The van der Waals surface area contributed by atoms with Crippen LogP contribution < -0.4 is 11.5 Å². The second-order valence-electron chi connectivity index (χ2n) is 2.44. The molecule has 0 radical (unpaired) electrons. The summed E-state index contributed by atoms with van der Waals surface area (Å²) < 4.78 is 1.09. The highest BCUT2D eigenvalue weighted by Crippen LogP contribution is 2.23. The van der Waals surface area contributed by atoms with Crippen LogP contribution in [0.15, 0.2) is 23.2 Å². The Balaban J connectivity index is 3.17. The third-order valence-corrected chi connectivity index (χ3v) is 2.82. The number of guanidine groups is 1. The zero-order valence-electron chi connectivity index (χ0n) is 6.71. The van der Waals surface area contributed by atoms with Gasteiger partial charge in [0.2, 0.25) is 0 Å². The molecule has 0 unspecified atom stereocenters. The van der Waals surface area contributed by atoms with Crippen LogP contribution in [0.5, 0.6) is 0 Å². The lowest BCUT2D eigenvalue weighted by Gasteiger charge is -2.01. The molecule has 0 saturated heterocycles. The van der Waals surface area contributed by atoms with E-state index in [1.165, 1.54) is 5.56 Å². The molecule has 0 atom stereocenters. The molecule has 64 valence electrons. The van der Waals surface area contributed by atoms with Gasteiger partial charge >= 0.3 is 0 Å². The van der Waals surface area contributed by atoms with Crippen molar-refractivity contribution in [3.63, 3.8) is 0 Å². The summed E-state index contributed by atoms with van der Waals surface area (Å²) in [5.41, 5.74) is 12.5. The Morgan fingerprint density at radius 2 is 2.08 bits per heavy atom. The van der Waals surface area contributed by atoms with Crippen LogP contribution in [0, 0.1) is 10.5 Å². The molecule has 1 rings (SSSR count).